The fourth-order valence-corrected chi connectivity index (χ4v) is 6.22. The predicted octanol–water partition coefficient (Wildman–Crippen LogP) is -0.823. The Morgan fingerprint density at radius 3 is 2.73 bits per heavy atom. The molecule has 0 saturated carbocycles. The lowest BCUT2D eigenvalue weighted by Crippen LogP contribution is -2.68. The highest BCUT2D eigenvalue weighted by molar-refractivity contribution is 8.01. The number of carbonyl (C=O) groups excluding carboxylic acids is 2. The van der Waals surface area contributed by atoms with E-state index in [1.54, 1.807) is 20.8 Å². The summed E-state index contributed by atoms with van der Waals surface area (Å²) in [6.45, 7) is 5.16. The average Bonchev–Trinajstić information content (AvgIpc) is 3.14. The Kier molecular flexibility index (Phi) is 6.48. The molecule has 1 saturated heterocycles. The maximum absolute atomic E-state index is 13.0. The number of β-lactam (4-membered cyclic amide) rings is 1. The monoisotopic (exact) mass is 477 g/mol. The molecule has 2 unspecified atom stereocenters. The first-order chi connectivity index (χ1) is 13.9. The fourth-order valence-electron chi connectivity index (χ4n) is 3.01. The largest absolute Gasteiger partial charge is 0.455 e. The number of sulfonamides is 1. The van der Waals surface area contributed by atoms with Crippen molar-refractivity contribution in [3.8, 4) is 0 Å². The Balaban J connectivity index is 2.02. The lowest BCUT2D eigenvalue weighted by atomic mass is 10.0. The number of tetrazole rings is 1. The van der Waals surface area contributed by atoms with Gasteiger partial charge in [0.05, 0.1) is 5.75 Å². The number of aromatic amines is 1. The summed E-state index contributed by atoms with van der Waals surface area (Å²) in [7, 11) is -3.75. The molecule has 1 aromatic rings. The van der Waals surface area contributed by atoms with Crippen LogP contribution in [0.25, 0.3) is 0 Å². The molecule has 2 aliphatic rings. The number of nitrogens with zero attached hydrogens (tertiary/aromatic N) is 4. The Bertz CT molecular complexity index is 958. The van der Waals surface area contributed by atoms with Crippen molar-refractivity contribution in [2.24, 2.45) is 10.9 Å². The first kappa shape index (κ1) is 23.0. The smallest absolute Gasteiger partial charge is 0.355 e. The number of rotatable bonds is 7. The molecule has 1 aromatic heterocycles. The van der Waals surface area contributed by atoms with Crippen molar-refractivity contribution >= 4 is 45.4 Å². The summed E-state index contributed by atoms with van der Waals surface area (Å²) in [6, 6.07) is -0.706. The Morgan fingerprint density at radius 1 is 1.47 bits per heavy atom. The van der Waals surface area contributed by atoms with E-state index in [-0.39, 0.29) is 29.2 Å². The van der Waals surface area contributed by atoms with Crippen LogP contribution in [-0.2, 0) is 24.3 Å². The number of H-pyrrole nitrogens is 1. The zero-order valence-electron chi connectivity index (χ0n) is 16.6. The normalized spacial score (nSPS) is 23.1. The molecule has 0 bridgehead atoms. The van der Waals surface area contributed by atoms with Gasteiger partial charge in [0.1, 0.15) is 22.7 Å². The van der Waals surface area contributed by atoms with Crippen LogP contribution in [0.5, 0.6) is 0 Å². The topological polar surface area (TPSA) is 187 Å². The number of carbonyl (C=O) groups is 2. The zero-order chi connectivity index (χ0) is 22.3. The van der Waals surface area contributed by atoms with Gasteiger partial charge in [0.15, 0.2) is 0 Å². The minimum atomic E-state index is -3.75. The van der Waals surface area contributed by atoms with Crippen molar-refractivity contribution in [1.82, 2.24) is 25.5 Å². The Morgan fingerprint density at radius 2 is 2.17 bits per heavy atom. The molecule has 12 nitrogen and oxygen atoms in total. The molecule has 0 aromatic carbocycles. The summed E-state index contributed by atoms with van der Waals surface area (Å²) in [5.74, 6) is -1.01. The van der Waals surface area contributed by atoms with Crippen LogP contribution in [0.1, 0.15) is 27.2 Å². The highest BCUT2D eigenvalue weighted by Crippen LogP contribution is 2.44. The van der Waals surface area contributed by atoms with Crippen molar-refractivity contribution in [1.29, 1.82) is 0 Å². The van der Waals surface area contributed by atoms with Crippen molar-refractivity contribution in [2.75, 3.05) is 11.5 Å². The van der Waals surface area contributed by atoms with Crippen LogP contribution in [0.15, 0.2) is 16.4 Å². The second-order valence-corrected chi connectivity index (χ2v) is 11.8. The lowest BCUT2D eigenvalue weighted by molar-refractivity contribution is -0.158. The third-order valence-electron chi connectivity index (χ3n) is 4.26. The maximum Gasteiger partial charge on any atom is 0.355 e. The third kappa shape index (κ3) is 5.14. The van der Waals surface area contributed by atoms with E-state index in [1.165, 1.54) is 16.7 Å². The molecule has 30 heavy (non-hydrogen) atoms. The van der Waals surface area contributed by atoms with Gasteiger partial charge >= 0.3 is 5.97 Å². The van der Waals surface area contributed by atoms with E-state index >= 15 is 0 Å². The zero-order valence-corrected chi connectivity index (χ0v) is 19.0. The molecule has 0 radical (unpaired) electrons. The standard InChI is InChI=1S/C15H23N7O5S3/c1-15(2,3)27-13(24)10-7(6-28-12-9(16)11(23)22(10)12)8(4-5-30(17,25)26)29-14-18-20-21-19-14/h8-9,12H,4-6,16H2,1-3H3,(H2,17,25,26)(H,18,19,20,21)/t8?,9?,12-/m0/s1. The van der Waals surface area contributed by atoms with Crippen molar-refractivity contribution in [2.45, 2.75) is 54.6 Å². The van der Waals surface area contributed by atoms with Gasteiger partial charge in [-0.3, -0.25) is 9.69 Å². The molecule has 5 N–H and O–H groups in total. The molecule has 2 aliphatic heterocycles. The number of hydrogen-bond acceptors (Lipinski definition) is 11. The molecule has 0 aliphatic carbocycles. The van der Waals surface area contributed by atoms with E-state index in [9.17, 15) is 18.0 Å². The van der Waals surface area contributed by atoms with Gasteiger partial charge in [-0.05, 0) is 43.2 Å². The molecule has 3 atom stereocenters. The van der Waals surface area contributed by atoms with Crippen molar-refractivity contribution in [3.63, 3.8) is 0 Å². The van der Waals surface area contributed by atoms with E-state index in [0.717, 1.165) is 11.8 Å². The third-order valence-corrected chi connectivity index (χ3v) is 7.59. The lowest BCUT2D eigenvalue weighted by Gasteiger charge is -2.49. The molecule has 15 heteroatoms. The van der Waals surface area contributed by atoms with Crippen LogP contribution in [0.2, 0.25) is 0 Å². The molecular formula is C15H23N7O5S3. The minimum Gasteiger partial charge on any atom is -0.455 e. The van der Waals surface area contributed by atoms with Gasteiger partial charge < -0.3 is 10.5 Å². The number of ether oxygens (including phenoxy) is 1. The van der Waals surface area contributed by atoms with E-state index in [1.807, 2.05) is 0 Å². The van der Waals surface area contributed by atoms with Gasteiger partial charge in [0.2, 0.25) is 21.1 Å². The van der Waals surface area contributed by atoms with Gasteiger partial charge in [-0.2, -0.15) is 0 Å². The van der Waals surface area contributed by atoms with E-state index < -0.39 is 32.9 Å². The highest BCUT2D eigenvalue weighted by Gasteiger charge is 2.53. The summed E-state index contributed by atoms with van der Waals surface area (Å²) in [6.07, 6.45) is 0.0884. The van der Waals surface area contributed by atoms with E-state index in [4.69, 9.17) is 15.6 Å². The first-order valence-electron chi connectivity index (χ1n) is 8.95. The van der Waals surface area contributed by atoms with Crippen molar-refractivity contribution in [3.05, 3.63) is 11.3 Å². The van der Waals surface area contributed by atoms with Gasteiger partial charge in [-0.15, -0.1) is 16.9 Å². The minimum absolute atomic E-state index is 0.0884. The molecule has 3 rings (SSSR count). The van der Waals surface area contributed by atoms with Crippen LogP contribution in [0.4, 0.5) is 0 Å². The van der Waals surface area contributed by atoms with Crippen LogP contribution in [0, 0.1) is 0 Å². The fraction of sp³-hybridized carbons (Fsp3) is 0.667. The van der Waals surface area contributed by atoms with Crippen LogP contribution in [-0.4, -0.2) is 79.6 Å². The first-order valence-corrected chi connectivity index (χ1v) is 12.6. The number of nitrogens with two attached hydrogens (primary N) is 2. The van der Waals surface area contributed by atoms with Gasteiger partial charge in [-0.25, -0.2) is 23.4 Å². The number of primary sulfonamides is 1. The second kappa shape index (κ2) is 8.45. The maximum atomic E-state index is 13.0. The molecular weight excluding hydrogens is 454 g/mol. The number of esters is 1. The number of nitrogens with one attached hydrogen (secondary N) is 1. The van der Waals surface area contributed by atoms with Gasteiger partial charge in [0.25, 0.3) is 0 Å². The quantitative estimate of drug-likeness (QED) is 0.253. The number of hydrogen-bond donors (Lipinski definition) is 3. The average molecular weight is 478 g/mol. The summed E-state index contributed by atoms with van der Waals surface area (Å²) in [5.41, 5.74) is 5.75. The van der Waals surface area contributed by atoms with Crippen LogP contribution in [0.3, 0.4) is 0 Å². The molecule has 3 heterocycles. The molecule has 1 fully saturated rings. The SMILES string of the molecule is CC(C)(C)OC(=O)C1=C(C(CCS(N)(=O)=O)Sc2nnn[nH]2)CS[C@H]2C(N)C(=O)N12. The molecule has 0 spiro atoms. The summed E-state index contributed by atoms with van der Waals surface area (Å²) >= 11 is 2.56. The Hall–Kier alpha value is -1.68. The number of fused-ring (bicyclic) bond motifs is 1. The summed E-state index contributed by atoms with van der Waals surface area (Å²) in [5, 5.41) is 18.1. The summed E-state index contributed by atoms with van der Waals surface area (Å²) < 4.78 is 28.7. The highest BCUT2D eigenvalue weighted by atomic mass is 32.2. The Labute approximate surface area is 181 Å². The number of thioether (sulfide) groups is 2. The predicted molar refractivity (Wildman–Crippen MR) is 110 cm³/mol. The van der Waals surface area contributed by atoms with E-state index in [2.05, 4.69) is 20.6 Å². The number of aromatic nitrogens is 4. The molecule has 166 valence electrons. The van der Waals surface area contributed by atoms with Crippen LogP contribution < -0.4 is 10.9 Å². The second-order valence-electron chi connectivity index (χ2n) is 7.78. The summed E-state index contributed by atoms with van der Waals surface area (Å²) in [4.78, 5) is 26.9. The number of amides is 1. The van der Waals surface area contributed by atoms with Gasteiger partial charge in [0, 0.05) is 11.0 Å². The molecule has 1 amide bonds. The van der Waals surface area contributed by atoms with Crippen LogP contribution >= 0.6 is 23.5 Å². The van der Waals surface area contributed by atoms with Crippen molar-refractivity contribution < 1.29 is 22.7 Å². The van der Waals surface area contributed by atoms with Gasteiger partial charge in [-0.1, -0.05) is 11.8 Å². The van der Waals surface area contributed by atoms with E-state index in [0.29, 0.717) is 16.5 Å².